The van der Waals surface area contributed by atoms with Crippen LogP contribution in [0.15, 0.2) is 24.4 Å². The maximum Gasteiger partial charge on any atom is 0.0675 e. The lowest BCUT2D eigenvalue weighted by atomic mass is 9.99. The summed E-state index contributed by atoms with van der Waals surface area (Å²) in [5.41, 5.74) is 7.50. The molecule has 1 aliphatic heterocycles. The van der Waals surface area contributed by atoms with Crippen molar-refractivity contribution >= 4 is 0 Å². The molecule has 0 aromatic carbocycles. The Morgan fingerprint density at radius 1 is 1.44 bits per heavy atom. The van der Waals surface area contributed by atoms with E-state index in [1.165, 1.54) is 19.3 Å². The van der Waals surface area contributed by atoms with Gasteiger partial charge in [0, 0.05) is 18.3 Å². The van der Waals surface area contributed by atoms with E-state index in [1.807, 2.05) is 12.3 Å². The first-order valence-corrected chi connectivity index (χ1v) is 7.20. The normalized spacial score (nSPS) is 24.1. The zero-order valence-corrected chi connectivity index (χ0v) is 11.5. The summed E-state index contributed by atoms with van der Waals surface area (Å²) >= 11 is 0. The minimum absolute atomic E-state index is 0.173. The molecule has 0 spiro atoms. The average Bonchev–Trinajstić information content (AvgIpc) is 2.88. The third kappa shape index (κ3) is 2.73. The quantitative estimate of drug-likeness (QED) is 0.870. The number of hydrogen-bond donors (Lipinski definition) is 1. The van der Waals surface area contributed by atoms with Gasteiger partial charge < -0.3 is 5.73 Å². The van der Waals surface area contributed by atoms with Crippen LogP contribution in [-0.2, 0) is 0 Å². The predicted molar refractivity (Wildman–Crippen MR) is 75.3 cm³/mol. The lowest BCUT2D eigenvalue weighted by molar-refractivity contribution is 0.147. The Hall–Kier alpha value is -0.930. The van der Waals surface area contributed by atoms with Crippen LogP contribution in [-0.4, -0.2) is 28.5 Å². The second kappa shape index (κ2) is 6.30. The van der Waals surface area contributed by atoms with E-state index in [0.29, 0.717) is 6.04 Å². The molecule has 2 rings (SSSR count). The molecular weight excluding hydrogens is 222 g/mol. The first kappa shape index (κ1) is 13.5. The molecule has 100 valence electrons. The fourth-order valence-corrected chi connectivity index (χ4v) is 3.07. The van der Waals surface area contributed by atoms with Crippen molar-refractivity contribution in [3.8, 4) is 0 Å². The fourth-order valence-electron chi connectivity index (χ4n) is 3.07. The molecule has 3 atom stereocenters. The summed E-state index contributed by atoms with van der Waals surface area (Å²) in [6.07, 6.45) is 6.67. The molecule has 3 heteroatoms. The van der Waals surface area contributed by atoms with Gasteiger partial charge in [-0.1, -0.05) is 19.9 Å². The third-order valence-electron chi connectivity index (χ3n) is 4.12. The molecule has 1 aromatic rings. The molecule has 2 heterocycles. The van der Waals surface area contributed by atoms with Crippen molar-refractivity contribution < 1.29 is 0 Å². The summed E-state index contributed by atoms with van der Waals surface area (Å²) in [7, 11) is 0. The summed E-state index contributed by atoms with van der Waals surface area (Å²) in [6, 6.07) is 7.28. The van der Waals surface area contributed by atoms with Crippen molar-refractivity contribution in [2.75, 3.05) is 6.54 Å². The van der Waals surface area contributed by atoms with Crippen molar-refractivity contribution in [2.45, 2.75) is 57.7 Å². The average molecular weight is 247 g/mol. The van der Waals surface area contributed by atoms with Crippen molar-refractivity contribution in [1.82, 2.24) is 9.88 Å². The first-order valence-electron chi connectivity index (χ1n) is 7.20. The van der Waals surface area contributed by atoms with E-state index in [-0.39, 0.29) is 12.1 Å². The smallest absolute Gasteiger partial charge is 0.0675 e. The van der Waals surface area contributed by atoms with Crippen LogP contribution in [0.4, 0.5) is 0 Å². The number of nitrogens with zero attached hydrogens (tertiary/aromatic N) is 2. The molecule has 0 amide bonds. The molecule has 0 saturated carbocycles. The molecule has 1 aromatic heterocycles. The van der Waals surface area contributed by atoms with Crippen molar-refractivity contribution in [3.63, 3.8) is 0 Å². The number of likely N-dealkylation sites (tertiary alicyclic amines) is 1. The number of aromatic nitrogens is 1. The van der Waals surface area contributed by atoms with E-state index in [9.17, 15) is 0 Å². The van der Waals surface area contributed by atoms with Gasteiger partial charge in [0.05, 0.1) is 11.7 Å². The highest BCUT2D eigenvalue weighted by Gasteiger charge is 2.34. The van der Waals surface area contributed by atoms with Crippen LogP contribution >= 0.6 is 0 Å². The molecule has 1 saturated heterocycles. The Bertz CT molecular complexity index is 352. The highest BCUT2D eigenvalue weighted by Crippen LogP contribution is 2.32. The van der Waals surface area contributed by atoms with Crippen molar-refractivity contribution in [1.29, 1.82) is 0 Å². The van der Waals surface area contributed by atoms with Gasteiger partial charge in [-0.25, -0.2) is 0 Å². The van der Waals surface area contributed by atoms with Gasteiger partial charge in [0.1, 0.15) is 0 Å². The SMILES string of the molecule is CCC(N)C(c1ccccn1)N1CCCC1CC. The topological polar surface area (TPSA) is 42.1 Å². The third-order valence-corrected chi connectivity index (χ3v) is 4.12. The van der Waals surface area contributed by atoms with Gasteiger partial charge in [-0.15, -0.1) is 0 Å². The highest BCUT2D eigenvalue weighted by molar-refractivity contribution is 5.12. The van der Waals surface area contributed by atoms with Gasteiger partial charge in [0.25, 0.3) is 0 Å². The fraction of sp³-hybridized carbons (Fsp3) is 0.667. The Labute approximate surface area is 110 Å². The highest BCUT2D eigenvalue weighted by atomic mass is 15.2. The number of nitrogens with two attached hydrogens (primary N) is 1. The zero-order chi connectivity index (χ0) is 13.0. The van der Waals surface area contributed by atoms with E-state index in [2.05, 4.69) is 35.9 Å². The number of rotatable bonds is 5. The Balaban J connectivity index is 2.25. The number of pyridine rings is 1. The maximum absolute atomic E-state index is 6.36. The van der Waals surface area contributed by atoms with Crippen molar-refractivity contribution in [3.05, 3.63) is 30.1 Å². The van der Waals surface area contributed by atoms with Crippen LogP contribution < -0.4 is 5.73 Å². The van der Waals surface area contributed by atoms with Gasteiger partial charge in [-0.3, -0.25) is 9.88 Å². The molecule has 3 unspecified atom stereocenters. The number of hydrogen-bond acceptors (Lipinski definition) is 3. The molecule has 0 radical (unpaired) electrons. The Kier molecular flexibility index (Phi) is 4.72. The lowest BCUT2D eigenvalue weighted by Crippen LogP contribution is -2.43. The Morgan fingerprint density at radius 3 is 2.89 bits per heavy atom. The van der Waals surface area contributed by atoms with Gasteiger partial charge in [0.15, 0.2) is 0 Å². The van der Waals surface area contributed by atoms with E-state index < -0.39 is 0 Å². The lowest BCUT2D eigenvalue weighted by Gasteiger charge is -2.35. The summed E-state index contributed by atoms with van der Waals surface area (Å²) in [5, 5.41) is 0. The molecule has 1 aliphatic rings. The van der Waals surface area contributed by atoms with Crippen molar-refractivity contribution in [2.24, 2.45) is 5.73 Å². The summed E-state index contributed by atoms with van der Waals surface area (Å²) in [4.78, 5) is 7.12. The standard InChI is InChI=1S/C15H25N3/c1-3-12-8-7-11-18(12)15(13(16)4-2)14-9-5-6-10-17-14/h5-6,9-10,12-13,15H,3-4,7-8,11,16H2,1-2H3. The second-order valence-corrected chi connectivity index (χ2v) is 5.21. The molecule has 1 fully saturated rings. The van der Waals surface area contributed by atoms with E-state index in [1.54, 1.807) is 0 Å². The van der Waals surface area contributed by atoms with E-state index >= 15 is 0 Å². The molecule has 18 heavy (non-hydrogen) atoms. The monoisotopic (exact) mass is 247 g/mol. The van der Waals surface area contributed by atoms with Gasteiger partial charge in [-0.2, -0.15) is 0 Å². The first-order chi connectivity index (χ1) is 8.77. The molecule has 0 bridgehead atoms. The zero-order valence-electron chi connectivity index (χ0n) is 11.5. The van der Waals surface area contributed by atoms with Crippen LogP contribution in [0, 0.1) is 0 Å². The summed E-state index contributed by atoms with van der Waals surface area (Å²) in [6.45, 7) is 5.60. The molecule has 3 nitrogen and oxygen atoms in total. The van der Waals surface area contributed by atoms with Crippen LogP contribution in [0.1, 0.15) is 51.3 Å². The second-order valence-electron chi connectivity index (χ2n) is 5.21. The molecule has 2 N–H and O–H groups in total. The van der Waals surface area contributed by atoms with Gasteiger partial charge in [0.2, 0.25) is 0 Å². The predicted octanol–water partition coefficient (Wildman–Crippen LogP) is 2.73. The van der Waals surface area contributed by atoms with Crippen LogP contribution in [0.2, 0.25) is 0 Å². The summed E-state index contributed by atoms with van der Waals surface area (Å²) < 4.78 is 0. The minimum atomic E-state index is 0.173. The van der Waals surface area contributed by atoms with Crippen LogP contribution in [0.25, 0.3) is 0 Å². The van der Waals surface area contributed by atoms with Crippen LogP contribution in [0.3, 0.4) is 0 Å². The van der Waals surface area contributed by atoms with Crippen LogP contribution in [0.5, 0.6) is 0 Å². The molecule has 0 aliphatic carbocycles. The summed E-state index contributed by atoms with van der Waals surface area (Å²) in [5.74, 6) is 0. The van der Waals surface area contributed by atoms with E-state index in [0.717, 1.165) is 18.7 Å². The van der Waals surface area contributed by atoms with Gasteiger partial charge in [-0.05, 0) is 44.4 Å². The molecular formula is C15H25N3. The largest absolute Gasteiger partial charge is 0.326 e. The maximum atomic E-state index is 6.36. The van der Waals surface area contributed by atoms with E-state index in [4.69, 9.17) is 5.73 Å². The Morgan fingerprint density at radius 2 is 2.28 bits per heavy atom. The van der Waals surface area contributed by atoms with Gasteiger partial charge >= 0.3 is 0 Å². The minimum Gasteiger partial charge on any atom is -0.326 e.